The van der Waals surface area contributed by atoms with E-state index in [4.69, 9.17) is 5.73 Å². The molecule has 1 saturated heterocycles. The van der Waals surface area contributed by atoms with E-state index in [0.29, 0.717) is 5.96 Å². The van der Waals surface area contributed by atoms with Crippen LogP contribution in [0, 0.1) is 0 Å². The number of anilines is 1. The number of hydrogen-bond acceptors (Lipinski definition) is 3. The summed E-state index contributed by atoms with van der Waals surface area (Å²) in [6.07, 6.45) is 1.98. The third-order valence-corrected chi connectivity index (χ3v) is 4.86. The molecule has 0 aliphatic carbocycles. The molecule has 1 fully saturated rings. The molecule has 1 aromatic carbocycles. The zero-order valence-corrected chi connectivity index (χ0v) is 15.5. The van der Waals surface area contributed by atoms with E-state index in [-0.39, 0.29) is 0 Å². The Bertz CT molecular complexity index is 510. The van der Waals surface area contributed by atoms with Crippen LogP contribution in [-0.2, 0) is 12.8 Å². The lowest BCUT2D eigenvalue weighted by Crippen LogP contribution is -2.46. The van der Waals surface area contributed by atoms with Crippen LogP contribution < -0.4 is 11.1 Å². The zero-order chi connectivity index (χ0) is 17.4. The van der Waals surface area contributed by atoms with Crippen molar-refractivity contribution in [3.8, 4) is 0 Å². The van der Waals surface area contributed by atoms with Crippen LogP contribution in [0.5, 0.6) is 0 Å². The van der Waals surface area contributed by atoms with Crippen LogP contribution >= 0.6 is 0 Å². The first-order valence-corrected chi connectivity index (χ1v) is 9.30. The van der Waals surface area contributed by atoms with Crippen LogP contribution in [0.3, 0.4) is 0 Å². The third kappa shape index (κ3) is 5.21. The summed E-state index contributed by atoms with van der Waals surface area (Å²) in [6.45, 7) is 14.0. The summed E-state index contributed by atoms with van der Waals surface area (Å²) in [5.74, 6) is 0.526. The highest BCUT2D eigenvalue weighted by molar-refractivity contribution is 5.93. The number of guanidine groups is 1. The average molecular weight is 332 g/mol. The van der Waals surface area contributed by atoms with Gasteiger partial charge in [0.15, 0.2) is 5.96 Å². The number of aliphatic imine (C=N–C) groups is 1. The first-order chi connectivity index (χ1) is 11.7. The third-order valence-electron chi connectivity index (χ3n) is 4.86. The number of nitrogens with two attached hydrogens (primary N) is 1. The van der Waals surface area contributed by atoms with E-state index < -0.39 is 0 Å². The Kier molecular flexibility index (Phi) is 7.53. The SMILES string of the molecule is CCc1cccc(CC)c1NC(N)=NCCN1CCN(CC)CC1. The van der Waals surface area contributed by atoms with E-state index in [9.17, 15) is 0 Å². The lowest BCUT2D eigenvalue weighted by molar-refractivity contribution is 0.140. The fraction of sp³-hybridized carbons (Fsp3) is 0.632. The lowest BCUT2D eigenvalue weighted by atomic mass is 10.0. The van der Waals surface area contributed by atoms with Crippen LogP contribution in [0.15, 0.2) is 23.2 Å². The van der Waals surface area contributed by atoms with Crippen LogP contribution in [0.2, 0.25) is 0 Å². The van der Waals surface area contributed by atoms with Crippen molar-refractivity contribution in [3.05, 3.63) is 29.3 Å². The highest BCUT2D eigenvalue weighted by atomic mass is 15.3. The summed E-state index contributed by atoms with van der Waals surface area (Å²) in [4.78, 5) is 9.49. The Morgan fingerprint density at radius 3 is 2.17 bits per heavy atom. The summed E-state index contributed by atoms with van der Waals surface area (Å²) < 4.78 is 0. The molecule has 0 amide bonds. The largest absolute Gasteiger partial charge is 0.370 e. The standard InChI is InChI=1S/C19H33N5/c1-4-16-8-7-9-17(5-2)18(16)22-19(20)21-10-11-24-14-12-23(6-3)13-15-24/h7-9H,4-6,10-15H2,1-3H3,(H3,20,21,22). The van der Waals surface area contributed by atoms with Gasteiger partial charge < -0.3 is 16.0 Å². The van der Waals surface area contributed by atoms with Gasteiger partial charge in [-0.25, -0.2) is 0 Å². The maximum Gasteiger partial charge on any atom is 0.193 e. The molecule has 134 valence electrons. The van der Waals surface area contributed by atoms with Gasteiger partial charge in [0, 0.05) is 38.4 Å². The molecule has 1 aliphatic rings. The highest BCUT2D eigenvalue weighted by Crippen LogP contribution is 2.22. The average Bonchev–Trinajstić information content (AvgIpc) is 2.62. The second-order valence-corrected chi connectivity index (χ2v) is 6.33. The normalized spacial score (nSPS) is 17.2. The molecular formula is C19H33N5. The van der Waals surface area contributed by atoms with Crippen LogP contribution in [-0.4, -0.2) is 61.6 Å². The number of para-hydroxylation sites is 1. The first kappa shape index (κ1) is 18.7. The Hall–Kier alpha value is -1.59. The van der Waals surface area contributed by atoms with E-state index in [2.05, 4.69) is 59.1 Å². The van der Waals surface area contributed by atoms with Crippen LogP contribution in [0.4, 0.5) is 5.69 Å². The van der Waals surface area contributed by atoms with Crippen molar-refractivity contribution < 1.29 is 0 Å². The Labute approximate surface area is 146 Å². The van der Waals surface area contributed by atoms with Gasteiger partial charge in [-0.3, -0.25) is 9.89 Å². The molecule has 0 radical (unpaired) electrons. The van der Waals surface area contributed by atoms with Crippen molar-refractivity contribution >= 4 is 11.6 Å². The van der Waals surface area contributed by atoms with Crippen LogP contribution in [0.1, 0.15) is 31.9 Å². The Morgan fingerprint density at radius 2 is 1.62 bits per heavy atom. The number of nitrogens with one attached hydrogen (secondary N) is 1. The summed E-state index contributed by atoms with van der Waals surface area (Å²) in [7, 11) is 0. The van der Waals surface area contributed by atoms with E-state index in [1.807, 2.05) is 0 Å². The van der Waals surface area contributed by atoms with Crippen molar-refractivity contribution in [2.75, 3.05) is 51.1 Å². The maximum absolute atomic E-state index is 6.12. The topological polar surface area (TPSA) is 56.9 Å². The number of aryl methyl sites for hydroxylation is 2. The first-order valence-electron chi connectivity index (χ1n) is 9.30. The minimum Gasteiger partial charge on any atom is -0.370 e. The second kappa shape index (κ2) is 9.64. The number of rotatable bonds is 7. The summed E-state index contributed by atoms with van der Waals surface area (Å²) >= 11 is 0. The summed E-state index contributed by atoms with van der Waals surface area (Å²) in [5, 5.41) is 3.34. The van der Waals surface area contributed by atoms with Crippen LogP contribution in [0.25, 0.3) is 0 Å². The maximum atomic E-state index is 6.12. The number of piperazine rings is 1. The van der Waals surface area contributed by atoms with E-state index in [1.165, 1.54) is 11.1 Å². The predicted molar refractivity (Wildman–Crippen MR) is 104 cm³/mol. The zero-order valence-electron chi connectivity index (χ0n) is 15.5. The lowest BCUT2D eigenvalue weighted by Gasteiger charge is -2.33. The van der Waals surface area contributed by atoms with Crippen molar-refractivity contribution in [3.63, 3.8) is 0 Å². The molecule has 24 heavy (non-hydrogen) atoms. The quantitative estimate of drug-likeness (QED) is 0.594. The minimum atomic E-state index is 0.526. The fourth-order valence-corrected chi connectivity index (χ4v) is 3.21. The Balaban J connectivity index is 1.86. The van der Waals surface area contributed by atoms with E-state index in [1.54, 1.807) is 0 Å². The van der Waals surface area contributed by atoms with Gasteiger partial charge >= 0.3 is 0 Å². The second-order valence-electron chi connectivity index (χ2n) is 6.33. The highest BCUT2D eigenvalue weighted by Gasteiger charge is 2.14. The van der Waals surface area contributed by atoms with Crippen molar-refractivity contribution in [2.24, 2.45) is 10.7 Å². The molecule has 1 aromatic rings. The van der Waals surface area contributed by atoms with Crippen molar-refractivity contribution in [1.29, 1.82) is 0 Å². The molecule has 1 aliphatic heterocycles. The molecule has 0 saturated carbocycles. The summed E-state index contributed by atoms with van der Waals surface area (Å²) in [6, 6.07) is 6.43. The molecule has 0 atom stereocenters. The van der Waals surface area contributed by atoms with Gasteiger partial charge in [0.2, 0.25) is 0 Å². The number of nitrogens with zero attached hydrogens (tertiary/aromatic N) is 3. The van der Waals surface area contributed by atoms with Gasteiger partial charge in [-0.1, -0.05) is 39.0 Å². The molecule has 0 aromatic heterocycles. The molecule has 3 N–H and O–H groups in total. The molecule has 0 bridgehead atoms. The fourth-order valence-electron chi connectivity index (χ4n) is 3.21. The number of hydrogen-bond donors (Lipinski definition) is 2. The number of likely N-dealkylation sites (N-methyl/N-ethyl adjacent to an activating group) is 1. The van der Waals surface area contributed by atoms with Crippen molar-refractivity contribution in [2.45, 2.75) is 33.6 Å². The Morgan fingerprint density at radius 1 is 1.04 bits per heavy atom. The van der Waals surface area contributed by atoms with Gasteiger partial charge in [-0.2, -0.15) is 0 Å². The van der Waals surface area contributed by atoms with Gasteiger partial charge in [0.25, 0.3) is 0 Å². The van der Waals surface area contributed by atoms with E-state index >= 15 is 0 Å². The monoisotopic (exact) mass is 331 g/mol. The van der Waals surface area contributed by atoms with E-state index in [0.717, 1.165) is 64.3 Å². The molecular weight excluding hydrogens is 298 g/mol. The molecule has 0 unspecified atom stereocenters. The van der Waals surface area contributed by atoms with Crippen molar-refractivity contribution in [1.82, 2.24) is 9.80 Å². The smallest absolute Gasteiger partial charge is 0.193 e. The molecule has 1 heterocycles. The van der Waals surface area contributed by atoms with Gasteiger partial charge in [-0.15, -0.1) is 0 Å². The molecule has 0 spiro atoms. The molecule has 5 nitrogen and oxygen atoms in total. The van der Waals surface area contributed by atoms with Gasteiger partial charge in [-0.05, 0) is 30.5 Å². The summed E-state index contributed by atoms with van der Waals surface area (Å²) in [5.41, 5.74) is 9.85. The number of benzene rings is 1. The van der Waals surface area contributed by atoms with Gasteiger partial charge in [0.1, 0.15) is 0 Å². The minimum absolute atomic E-state index is 0.526. The predicted octanol–water partition coefficient (Wildman–Crippen LogP) is 2.18. The molecule has 2 rings (SSSR count). The van der Waals surface area contributed by atoms with Gasteiger partial charge in [0.05, 0.1) is 6.54 Å². The molecule has 5 heteroatoms.